The number of nitrogens with one attached hydrogen (secondary N) is 1. The lowest BCUT2D eigenvalue weighted by Gasteiger charge is -2.10. The van der Waals surface area contributed by atoms with E-state index in [0.717, 1.165) is 31.5 Å². The van der Waals surface area contributed by atoms with E-state index in [-0.39, 0.29) is 0 Å². The highest BCUT2D eigenvalue weighted by molar-refractivity contribution is 5.75. The van der Waals surface area contributed by atoms with E-state index in [1.807, 2.05) is 6.07 Å². The molecule has 0 fully saturated rings. The largest absolute Gasteiger partial charge is 0.342 e. The highest BCUT2D eigenvalue weighted by atomic mass is 14.9. The van der Waals surface area contributed by atoms with Crippen molar-refractivity contribution in [3.63, 3.8) is 0 Å². The van der Waals surface area contributed by atoms with Crippen LogP contribution < -0.4 is 0 Å². The molecular weight excluding hydrogens is 376 g/mol. The fourth-order valence-corrected chi connectivity index (χ4v) is 3.86. The predicted octanol–water partition coefficient (Wildman–Crippen LogP) is 7.82. The number of nitrogens with zero attached hydrogens (tertiary/aromatic N) is 1. The van der Waals surface area contributed by atoms with Gasteiger partial charge < -0.3 is 4.98 Å². The number of aryl methyl sites for hydroxylation is 3. The van der Waals surface area contributed by atoms with E-state index in [4.69, 9.17) is 4.98 Å². The van der Waals surface area contributed by atoms with Gasteiger partial charge in [0.1, 0.15) is 5.82 Å². The monoisotopic (exact) mass is 410 g/mol. The van der Waals surface area contributed by atoms with Gasteiger partial charge in [-0.1, -0.05) is 106 Å². The zero-order valence-corrected chi connectivity index (χ0v) is 19.3. The lowest BCUT2D eigenvalue weighted by Crippen LogP contribution is -1.90. The van der Waals surface area contributed by atoms with Crippen molar-refractivity contribution in [2.24, 2.45) is 0 Å². The minimum absolute atomic E-state index is 0.975. The highest BCUT2D eigenvalue weighted by Gasteiger charge is 2.13. The Morgan fingerprint density at radius 3 is 1.94 bits per heavy atom. The van der Waals surface area contributed by atoms with Gasteiger partial charge in [0.25, 0.3) is 0 Å². The van der Waals surface area contributed by atoms with Crippen LogP contribution in [0.1, 0.15) is 49.7 Å². The van der Waals surface area contributed by atoms with Crippen molar-refractivity contribution < 1.29 is 0 Å². The molecule has 0 aliphatic rings. The fraction of sp³-hybridized carbons (Fsp3) is 0.276. The second-order valence-corrected chi connectivity index (χ2v) is 7.80. The topological polar surface area (TPSA) is 28.7 Å². The number of H-pyrrole nitrogens is 1. The first-order chi connectivity index (χ1) is 15.2. The van der Waals surface area contributed by atoms with E-state index in [1.54, 1.807) is 0 Å². The van der Waals surface area contributed by atoms with Gasteiger partial charge in [0.2, 0.25) is 0 Å². The third-order valence-electron chi connectivity index (χ3n) is 5.62. The molecule has 3 aromatic carbocycles. The van der Waals surface area contributed by atoms with Crippen LogP contribution in [0.25, 0.3) is 22.5 Å². The van der Waals surface area contributed by atoms with Gasteiger partial charge in [0, 0.05) is 11.3 Å². The molecule has 0 bridgehead atoms. The standard InChI is InChI=1S/C21H24N2.C8H10/c1-4-10-20-19(5-2)22-21(23-20)18-14-9-13-17(15(18)3)16-11-7-6-8-12-16;1-2-8-6-4-3-5-7-8/h6-9,11-14H,4-5,10H2,1-3H3,(H,22,23);3-7H,2H2,1H3. The third kappa shape index (κ3) is 5.73. The van der Waals surface area contributed by atoms with Crippen molar-refractivity contribution in [3.05, 3.63) is 101 Å². The maximum atomic E-state index is 4.86. The van der Waals surface area contributed by atoms with Gasteiger partial charge in [-0.05, 0) is 48.4 Å². The molecule has 1 heterocycles. The Hall–Kier alpha value is -3.13. The van der Waals surface area contributed by atoms with E-state index >= 15 is 0 Å². The van der Waals surface area contributed by atoms with Crippen molar-refractivity contribution in [2.45, 2.75) is 53.4 Å². The molecule has 0 atom stereocenters. The first-order valence-electron chi connectivity index (χ1n) is 11.4. The van der Waals surface area contributed by atoms with Gasteiger partial charge in [-0.25, -0.2) is 4.98 Å². The maximum absolute atomic E-state index is 4.86. The second-order valence-electron chi connectivity index (χ2n) is 7.80. The third-order valence-corrected chi connectivity index (χ3v) is 5.62. The van der Waals surface area contributed by atoms with Crippen LogP contribution in [-0.2, 0) is 19.3 Å². The summed E-state index contributed by atoms with van der Waals surface area (Å²) in [5.74, 6) is 1.00. The van der Waals surface area contributed by atoms with E-state index in [1.165, 1.54) is 39.2 Å². The zero-order chi connectivity index (χ0) is 22.1. The van der Waals surface area contributed by atoms with Gasteiger partial charge in [-0.3, -0.25) is 0 Å². The van der Waals surface area contributed by atoms with Crippen molar-refractivity contribution in [1.29, 1.82) is 0 Å². The predicted molar refractivity (Wildman–Crippen MR) is 133 cm³/mol. The van der Waals surface area contributed by atoms with Crippen LogP contribution >= 0.6 is 0 Å². The zero-order valence-electron chi connectivity index (χ0n) is 19.3. The highest BCUT2D eigenvalue weighted by Crippen LogP contribution is 2.31. The van der Waals surface area contributed by atoms with Crippen molar-refractivity contribution in [2.75, 3.05) is 0 Å². The first-order valence-corrected chi connectivity index (χ1v) is 11.4. The van der Waals surface area contributed by atoms with E-state index in [0.29, 0.717) is 0 Å². The molecule has 0 saturated heterocycles. The normalized spacial score (nSPS) is 10.5. The number of rotatable bonds is 6. The van der Waals surface area contributed by atoms with Crippen molar-refractivity contribution >= 4 is 0 Å². The molecule has 0 aliphatic carbocycles. The molecule has 1 aromatic heterocycles. The van der Waals surface area contributed by atoms with Crippen LogP contribution in [0.5, 0.6) is 0 Å². The molecule has 1 N–H and O–H groups in total. The molecule has 4 rings (SSSR count). The van der Waals surface area contributed by atoms with Crippen LogP contribution in [0.2, 0.25) is 0 Å². The summed E-state index contributed by atoms with van der Waals surface area (Å²) in [6.07, 6.45) is 4.31. The van der Waals surface area contributed by atoms with Crippen LogP contribution in [0, 0.1) is 6.92 Å². The minimum atomic E-state index is 0.975. The Kier molecular flexibility index (Phi) is 8.23. The molecule has 0 radical (unpaired) electrons. The average molecular weight is 411 g/mol. The molecule has 0 spiro atoms. The fourth-order valence-electron chi connectivity index (χ4n) is 3.86. The Morgan fingerprint density at radius 2 is 1.35 bits per heavy atom. The molecule has 0 saturated carbocycles. The summed E-state index contributed by atoms with van der Waals surface area (Å²) in [4.78, 5) is 8.42. The quantitative estimate of drug-likeness (QED) is 0.345. The van der Waals surface area contributed by atoms with Gasteiger partial charge in [-0.2, -0.15) is 0 Å². The van der Waals surface area contributed by atoms with E-state index < -0.39 is 0 Å². The SMILES string of the molecule is CCCc1[nH]c(-c2cccc(-c3ccccc3)c2C)nc1CC.CCc1ccccc1. The van der Waals surface area contributed by atoms with Crippen LogP contribution in [0.3, 0.4) is 0 Å². The summed E-state index contributed by atoms with van der Waals surface area (Å²) in [7, 11) is 0. The minimum Gasteiger partial charge on any atom is -0.342 e. The lowest BCUT2D eigenvalue weighted by atomic mass is 9.96. The van der Waals surface area contributed by atoms with Gasteiger partial charge in [-0.15, -0.1) is 0 Å². The first kappa shape index (κ1) is 22.6. The lowest BCUT2D eigenvalue weighted by molar-refractivity contribution is 0.868. The van der Waals surface area contributed by atoms with Crippen LogP contribution in [0.15, 0.2) is 78.9 Å². The second kappa shape index (κ2) is 11.3. The summed E-state index contributed by atoms with van der Waals surface area (Å²) in [6.45, 7) is 8.73. The van der Waals surface area contributed by atoms with Crippen molar-refractivity contribution in [3.8, 4) is 22.5 Å². The average Bonchev–Trinajstić information content (AvgIpc) is 3.23. The number of aromatic nitrogens is 2. The Bertz CT molecular complexity index is 1060. The van der Waals surface area contributed by atoms with E-state index in [2.05, 4.69) is 105 Å². The Labute approximate surface area is 187 Å². The molecule has 0 unspecified atom stereocenters. The number of hydrogen-bond acceptors (Lipinski definition) is 1. The molecule has 160 valence electrons. The molecule has 0 amide bonds. The van der Waals surface area contributed by atoms with Gasteiger partial charge in [0.05, 0.1) is 5.69 Å². The smallest absolute Gasteiger partial charge is 0.138 e. The Morgan fingerprint density at radius 1 is 0.710 bits per heavy atom. The maximum Gasteiger partial charge on any atom is 0.138 e. The van der Waals surface area contributed by atoms with Crippen LogP contribution in [-0.4, -0.2) is 9.97 Å². The van der Waals surface area contributed by atoms with Gasteiger partial charge >= 0.3 is 0 Å². The van der Waals surface area contributed by atoms with E-state index in [9.17, 15) is 0 Å². The summed E-state index contributed by atoms with van der Waals surface area (Å²) >= 11 is 0. The molecule has 2 nitrogen and oxygen atoms in total. The molecular formula is C29H34N2. The summed E-state index contributed by atoms with van der Waals surface area (Å²) in [5.41, 5.74) is 8.90. The number of hydrogen-bond donors (Lipinski definition) is 1. The van der Waals surface area contributed by atoms with Crippen molar-refractivity contribution in [1.82, 2.24) is 9.97 Å². The summed E-state index contributed by atoms with van der Waals surface area (Å²) in [5, 5.41) is 0. The summed E-state index contributed by atoms with van der Waals surface area (Å²) in [6, 6.07) is 27.5. The van der Waals surface area contributed by atoms with Gasteiger partial charge in [0.15, 0.2) is 0 Å². The Balaban J connectivity index is 0.000000287. The molecule has 31 heavy (non-hydrogen) atoms. The molecule has 0 aliphatic heterocycles. The summed E-state index contributed by atoms with van der Waals surface area (Å²) < 4.78 is 0. The number of imidazole rings is 1. The molecule has 4 aromatic rings. The molecule has 2 heteroatoms. The number of aromatic amines is 1. The van der Waals surface area contributed by atoms with Crippen LogP contribution in [0.4, 0.5) is 0 Å². The number of benzene rings is 3.